The number of hydrogen-bond donors (Lipinski definition) is 1. The Kier molecular flexibility index (Phi) is 5.05. The number of rotatable bonds is 7. The first-order valence-electron chi connectivity index (χ1n) is 8.63. The molecule has 24 heavy (non-hydrogen) atoms. The van der Waals surface area contributed by atoms with Gasteiger partial charge >= 0.3 is 0 Å². The van der Waals surface area contributed by atoms with Gasteiger partial charge in [0.15, 0.2) is 0 Å². The molecule has 0 bridgehead atoms. The van der Waals surface area contributed by atoms with Crippen molar-refractivity contribution < 1.29 is 9.21 Å². The molecule has 1 N–H and O–H groups in total. The Morgan fingerprint density at radius 2 is 1.96 bits per heavy atom. The van der Waals surface area contributed by atoms with Crippen LogP contribution in [0.25, 0.3) is 0 Å². The first-order valence-corrected chi connectivity index (χ1v) is 8.63. The number of likely N-dealkylation sites (N-methyl/N-ethyl adjacent to an activating group) is 1. The number of carbonyl (C=O) groups excluding carboxylic acids is 1. The van der Waals surface area contributed by atoms with E-state index < -0.39 is 0 Å². The van der Waals surface area contributed by atoms with E-state index in [9.17, 15) is 4.79 Å². The number of aryl methyl sites for hydroxylation is 1. The summed E-state index contributed by atoms with van der Waals surface area (Å²) >= 11 is 0. The summed E-state index contributed by atoms with van der Waals surface area (Å²) in [6.45, 7) is 3.68. The summed E-state index contributed by atoms with van der Waals surface area (Å²) < 4.78 is 5.56. The van der Waals surface area contributed by atoms with Crippen molar-refractivity contribution in [1.29, 1.82) is 0 Å². The van der Waals surface area contributed by atoms with Crippen LogP contribution in [0, 0.1) is 6.92 Å². The zero-order chi connectivity index (χ0) is 17.0. The van der Waals surface area contributed by atoms with Gasteiger partial charge in [0.05, 0.1) is 13.1 Å². The van der Waals surface area contributed by atoms with Crippen LogP contribution in [-0.4, -0.2) is 30.9 Å². The molecule has 0 spiro atoms. The lowest BCUT2D eigenvalue weighted by molar-refractivity contribution is -0.122. The fourth-order valence-electron chi connectivity index (χ4n) is 3.42. The second-order valence-corrected chi connectivity index (χ2v) is 6.96. The molecule has 4 heteroatoms. The van der Waals surface area contributed by atoms with Crippen LogP contribution in [0.15, 0.2) is 46.9 Å². The Hall–Kier alpha value is -2.07. The normalized spacial score (nSPS) is 16.0. The number of amides is 1. The summed E-state index contributed by atoms with van der Waals surface area (Å²) in [5.74, 6) is 1.86. The highest BCUT2D eigenvalue weighted by atomic mass is 16.3. The Balaban J connectivity index is 1.50. The van der Waals surface area contributed by atoms with Gasteiger partial charge in [0.2, 0.25) is 5.91 Å². The highest BCUT2D eigenvalue weighted by Crippen LogP contribution is 2.43. The van der Waals surface area contributed by atoms with Crippen LogP contribution in [0.4, 0.5) is 0 Å². The number of carbonyl (C=O) groups is 1. The van der Waals surface area contributed by atoms with E-state index in [1.807, 2.05) is 37.1 Å². The van der Waals surface area contributed by atoms with E-state index in [-0.39, 0.29) is 11.3 Å². The Morgan fingerprint density at radius 1 is 1.21 bits per heavy atom. The number of nitrogens with zero attached hydrogens (tertiary/aromatic N) is 1. The monoisotopic (exact) mass is 326 g/mol. The van der Waals surface area contributed by atoms with E-state index in [1.54, 1.807) is 0 Å². The molecule has 1 heterocycles. The van der Waals surface area contributed by atoms with Gasteiger partial charge in [0.25, 0.3) is 0 Å². The summed E-state index contributed by atoms with van der Waals surface area (Å²) in [7, 11) is 1.94. The molecule has 1 fully saturated rings. The third kappa shape index (κ3) is 3.88. The quantitative estimate of drug-likeness (QED) is 0.849. The van der Waals surface area contributed by atoms with E-state index in [4.69, 9.17) is 4.42 Å². The van der Waals surface area contributed by atoms with Crippen LogP contribution in [0.1, 0.15) is 36.3 Å². The molecule has 128 valence electrons. The lowest BCUT2D eigenvalue weighted by Crippen LogP contribution is -2.47. The Labute approximate surface area is 143 Å². The maximum atomic E-state index is 12.3. The van der Waals surface area contributed by atoms with Crippen LogP contribution < -0.4 is 5.32 Å². The summed E-state index contributed by atoms with van der Waals surface area (Å²) in [6.07, 6.45) is 3.54. The predicted molar refractivity (Wildman–Crippen MR) is 94.8 cm³/mol. The molecule has 4 nitrogen and oxygen atoms in total. The molecule has 1 aliphatic rings. The molecule has 0 aliphatic heterocycles. The highest BCUT2D eigenvalue weighted by Gasteiger charge is 2.38. The van der Waals surface area contributed by atoms with Gasteiger partial charge in [-0.3, -0.25) is 9.69 Å². The van der Waals surface area contributed by atoms with Crippen molar-refractivity contribution in [3.8, 4) is 0 Å². The minimum atomic E-state index is 0.0722. The molecule has 3 rings (SSSR count). The number of furan rings is 1. The molecule has 1 aromatic carbocycles. The van der Waals surface area contributed by atoms with Gasteiger partial charge in [0.1, 0.15) is 11.5 Å². The average Bonchev–Trinajstić information content (AvgIpc) is 2.92. The third-order valence-corrected chi connectivity index (χ3v) is 4.96. The zero-order valence-electron chi connectivity index (χ0n) is 14.5. The highest BCUT2D eigenvalue weighted by molar-refractivity contribution is 5.78. The molecule has 1 aromatic heterocycles. The van der Waals surface area contributed by atoms with Crippen LogP contribution >= 0.6 is 0 Å². The van der Waals surface area contributed by atoms with E-state index >= 15 is 0 Å². The van der Waals surface area contributed by atoms with Crippen LogP contribution in [0.2, 0.25) is 0 Å². The molecule has 0 atom stereocenters. The molecule has 1 aliphatic carbocycles. The van der Waals surface area contributed by atoms with Crippen molar-refractivity contribution in [3.63, 3.8) is 0 Å². The van der Waals surface area contributed by atoms with Gasteiger partial charge < -0.3 is 9.73 Å². The van der Waals surface area contributed by atoms with Gasteiger partial charge in [-0.05, 0) is 44.5 Å². The molecule has 1 saturated carbocycles. The van der Waals surface area contributed by atoms with Gasteiger partial charge in [-0.1, -0.05) is 36.8 Å². The molecular weight excluding hydrogens is 300 g/mol. The minimum Gasteiger partial charge on any atom is -0.465 e. The Bertz CT molecular complexity index is 674. The van der Waals surface area contributed by atoms with Crippen molar-refractivity contribution in [1.82, 2.24) is 10.2 Å². The lowest BCUT2D eigenvalue weighted by atomic mass is 9.64. The molecule has 0 radical (unpaired) electrons. The van der Waals surface area contributed by atoms with Crippen LogP contribution in [0.3, 0.4) is 0 Å². The molecular formula is C20H26N2O2. The van der Waals surface area contributed by atoms with Crippen molar-refractivity contribution in [2.75, 3.05) is 20.1 Å². The van der Waals surface area contributed by atoms with E-state index in [2.05, 4.69) is 29.6 Å². The first kappa shape index (κ1) is 16.8. The predicted octanol–water partition coefficient (Wildman–Crippen LogP) is 3.26. The van der Waals surface area contributed by atoms with Crippen molar-refractivity contribution in [2.24, 2.45) is 0 Å². The largest absolute Gasteiger partial charge is 0.465 e. The number of nitrogens with one attached hydrogen (secondary N) is 1. The third-order valence-electron chi connectivity index (χ3n) is 4.96. The molecule has 0 unspecified atom stereocenters. The van der Waals surface area contributed by atoms with Gasteiger partial charge in [-0.2, -0.15) is 0 Å². The zero-order valence-corrected chi connectivity index (χ0v) is 14.5. The fourth-order valence-corrected chi connectivity index (χ4v) is 3.42. The van der Waals surface area contributed by atoms with E-state index in [1.165, 1.54) is 12.0 Å². The van der Waals surface area contributed by atoms with Gasteiger partial charge in [-0.25, -0.2) is 0 Å². The maximum absolute atomic E-state index is 12.3. The van der Waals surface area contributed by atoms with Gasteiger partial charge in [0, 0.05) is 12.0 Å². The molecule has 2 aromatic rings. The summed E-state index contributed by atoms with van der Waals surface area (Å²) in [5, 5.41) is 3.13. The van der Waals surface area contributed by atoms with E-state index in [0.29, 0.717) is 13.1 Å². The average molecular weight is 326 g/mol. The summed E-state index contributed by atoms with van der Waals surface area (Å²) in [6, 6.07) is 14.5. The van der Waals surface area contributed by atoms with Crippen LogP contribution in [-0.2, 0) is 16.8 Å². The minimum absolute atomic E-state index is 0.0722. The van der Waals surface area contributed by atoms with Crippen molar-refractivity contribution in [3.05, 3.63) is 59.5 Å². The summed E-state index contributed by atoms with van der Waals surface area (Å²) in [4.78, 5) is 14.3. The molecule has 1 amide bonds. The number of benzene rings is 1. The Morgan fingerprint density at radius 3 is 2.54 bits per heavy atom. The van der Waals surface area contributed by atoms with Crippen molar-refractivity contribution in [2.45, 2.75) is 38.1 Å². The first-order chi connectivity index (χ1) is 11.6. The smallest absolute Gasteiger partial charge is 0.234 e. The number of hydrogen-bond acceptors (Lipinski definition) is 3. The van der Waals surface area contributed by atoms with E-state index in [0.717, 1.165) is 30.9 Å². The van der Waals surface area contributed by atoms with Crippen molar-refractivity contribution >= 4 is 5.91 Å². The van der Waals surface area contributed by atoms with Crippen LogP contribution in [0.5, 0.6) is 0 Å². The lowest BCUT2D eigenvalue weighted by Gasteiger charge is -2.42. The molecule has 0 saturated heterocycles. The second-order valence-electron chi connectivity index (χ2n) is 6.96. The summed E-state index contributed by atoms with van der Waals surface area (Å²) in [5.41, 5.74) is 1.48. The fraction of sp³-hybridized carbons (Fsp3) is 0.450. The SMILES string of the molecule is Cc1ccc(CN(C)CC(=O)NCC2(c3ccccc3)CCC2)o1. The topological polar surface area (TPSA) is 45.5 Å². The standard InChI is InChI=1S/C20H26N2O2/c1-16-9-10-18(24-16)13-22(2)14-19(23)21-15-20(11-6-12-20)17-7-4-3-5-8-17/h3-5,7-10H,6,11-15H2,1-2H3,(H,21,23). The second kappa shape index (κ2) is 7.22. The van der Waals surface area contributed by atoms with Gasteiger partial charge in [-0.15, -0.1) is 0 Å². The maximum Gasteiger partial charge on any atom is 0.234 e.